The average Bonchev–Trinajstić information content (AvgIpc) is 2.90. The molecule has 20 heavy (non-hydrogen) atoms. The van der Waals surface area contributed by atoms with E-state index in [2.05, 4.69) is 10.3 Å². The third kappa shape index (κ3) is 2.29. The second-order valence-corrected chi connectivity index (χ2v) is 3.98. The Morgan fingerprint density at radius 2 is 2.00 bits per heavy atom. The minimum Gasteiger partial charge on any atom is -0.493 e. The predicted molar refractivity (Wildman–Crippen MR) is 71.2 cm³/mol. The van der Waals surface area contributed by atoms with Crippen molar-refractivity contribution in [2.45, 2.75) is 13.5 Å². The maximum atomic E-state index is 11.2. The number of hydrogen-bond acceptors (Lipinski definition) is 5. The van der Waals surface area contributed by atoms with Crippen LogP contribution in [-0.2, 0) is 6.54 Å². The number of carboxylic acids is 1. The molecule has 2 rings (SSSR count). The van der Waals surface area contributed by atoms with Crippen molar-refractivity contribution in [2.24, 2.45) is 0 Å². The Hall–Kier alpha value is -2.57. The molecule has 7 heteroatoms. The first-order chi connectivity index (χ1) is 9.62. The molecular formula is C13H15N3O4. The molecule has 7 nitrogen and oxygen atoms in total. The SMILES string of the molecule is CCn1nnc(C(=O)O)c1-c1ccc(OC)c(OC)c1. The number of nitrogens with zero attached hydrogens (tertiary/aromatic N) is 3. The fraction of sp³-hybridized carbons (Fsp3) is 0.308. The molecule has 0 atom stereocenters. The quantitative estimate of drug-likeness (QED) is 0.894. The molecule has 0 aliphatic heterocycles. The lowest BCUT2D eigenvalue weighted by atomic mass is 10.1. The number of methoxy groups -OCH3 is 2. The van der Waals surface area contributed by atoms with E-state index in [1.165, 1.54) is 18.9 Å². The monoisotopic (exact) mass is 277 g/mol. The van der Waals surface area contributed by atoms with Crippen LogP contribution >= 0.6 is 0 Å². The van der Waals surface area contributed by atoms with E-state index < -0.39 is 5.97 Å². The molecule has 1 aromatic heterocycles. The fourth-order valence-corrected chi connectivity index (χ4v) is 1.95. The Morgan fingerprint density at radius 3 is 2.55 bits per heavy atom. The molecule has 1 N–H and O–H groups in total. The van der Waals surface area contributed by atoms with Gasteiger partial charge in [-0.2, -0.15) is 0 Å². The number of aryl methyl sites for hydroxylation is 1. The maximum Gasteiger partial charge on any atom is 0.358 e. The zero-order chi connectivity index (χ0) is 14.7. The summed E-state index contributed by atoms with van der Waals surface area (Å²) in [6.45, 7) is 2.38. The molecule has 2 aromatic rings. The Balaban J connectivity index is 2.61. The third-order valence-electron chi connectivity index (χ3n) is 2.89. The summed E-state index contributed by atoms with van der Waals surface area (Å²) in [4.78, 5) is 11.2. The molecule has 0 unspecified atom stereocenters. The van der Waals surface area contributed by atoms with Crippen molar-refractivity contribution in [1.29, 1.82) is 0 Å². The van der Waals surface area contributed by atoms with E-state index >= 15 is 0 Å². The van der Waals surface area contributed by atoms with Gasteiger partial charge in [0.15, 0.2) is 17.2 Å². The zero-order valence-corrected chi connectivity index (χ0v) is 11.5. The average molecular weight is 277 g/mol. The van der Waals surface area contributed by atoms with Crippen LogP contribution in [0.4, 0.5) is 0 Å². The number of hydrogen-bond donors (Lipinski definition) is 1. The first-order valence-electron chi connectivity index (χ1n) is 6.01. The van der Waals surface area contributed by atoms with Crippen LogP contribution in [0.3, 0.4) is 0 Å². The van der Waals surface area contributed by atoms with E-state index in [0.29, 0.717) is 29.3 Å². The molecule has 0 amide bonds. The Bertz CT molecular complexity index is 637. The number of carboxylic acid groups (broad SMARTS) is 1. The van der Waals surface area contributed by atoms with Gasteiger partial charge in [0.25, 0.3) is 0 Å². The molecule has 0 radical (unpaired) electrons. The van der Waals surface area contributed by atoms with E-state index in [9.17, 15) is 9.90 Å². The van der Waals surface area contributed by atoms with Gasteiger partial charge >= 0.3 is 5.97 Å². The highest BCUT2D eigenvalue weighted by Crippen LogP contribution is 2.33. The standard InChI is InChI=1S/C13H15N3O4/c1-4-16-12(11(13(17)18)14-15-16)8-5-6-9(19-2)10(7-8)20-3/h5-7H,4H2,1-3H3,(H,17,18). The lowest BCUT2D eigenvalue weighted by Crippen LogP contribution is -2.03. The van der Waals surface area contributed by atoms with Crippen LogP contribution < -0.4 is 9.47 Å². The summed E-state index contributed by atoms with van der Waals surface area (Å²) in [5, 5.41) is 16.7. The van der Waals surface area contributed by atoms with Crippen molar-refractivity contribution in [3.63, 3.8) is 0 Å². The number of ether oxygens (including phenoxy) is 2. The summed E-state index contributed by atoms with van der Waals surface area (Å²) in [6.07, 6.45) is 0. The van der Waals surface area contributed by atoms with Gasteiger partial charge in [-0.25, -0.2) is 9.48 Å². The summed E-state index contributed by atoms with van der Waals surface area (Å²) in [5.74, 6) is -0.0247. The number of aromatic nitrogens is 3. The van der Waals surface area contributed by atoms with Crippen LogP contribution in [-0.4, -0.2) is 40.3 Å². The Morgan fingerprint density at radius 1 is 1.30 bits per heavy atom. The van der Waals surface area contributed by atoms with Crippen molar-refractivity contribution in [2.75, 3.05) is 14.2 Å². The van der Waals surface area contributed by atoms with E-state index in [1.807, 2.05) is 6.92 Å². The molecular weight excluding hydrogens is 262 g/mol. The largest absolute Gasteiger partial charge is 0.493 e. The van der Waals surface area contributed by atoms with Gasteiger partial charge in [0.1, 0.15) is 5.69 Å². The van der Waals surface area contributed by atoms with Crippen LogP contribution in [0.5, 0.6) is 11.5 Å². The lowest BCUT2D eigenvalue weighted by Gasteiger charge is -2.10. The zero-order valence-electron chi connectivity index (χ0n) is 11.5. The number of aromatic carboxylic acids is 1. The smallest absolute Gasteiger partial charge is 0.358 e. The summed E-state index contributed by atoms with van der Waals surface area (Å²) in [5.41, 5.74) is 1.02. The van der Waals surface area contributed by atoms with Gasteiger partial charge in [-0.1, -0.05) is 5.21 Å². The van der Waals surface area contributed by atoms with Gasteiger partial charge < -0.3 is 14.6 Å². The molecule has 0 aliphatic rings. The van der Waals surface area contributed by atoms with Crippen molar-refractivity contribution in [3.05, 3.63) is 23.9 Å². The molecule has 0 spiro atoms. The minimum atomic E-state index is -1.12. The topological polar surface area (TPSA) is 86.5 Å². The first-order valence-corrected chi connectivity index (χ1v) is 6.01. The van der Waals surface area contributed by atoms with E-state index in [-0.39, 0.29) is 5.69 Å². The van der Waals surface area contributed by atoms with E-state index in [0.717, 1.165) is 0 Å². The first kappa shape index (κ1) is 13.9. The Kier molecular flexibility index (Phi) is 3.88. The molecule has 1 aromatic carbocycles. The number of benzene rings is 1. The molecule has 1 heterocycles. The maximum absolute atomic E-state index is 11.2. The van der Waals surface area contributed by atoms with Crippen LogP contribution in [0.2, 0.25) is 0 Å². The number of carbonyl (C=O) groups is 1. The van der Waals surface area contributed by atoms with Crippen LogP contribution in [0, 0.1) is 0 Å². The van der Waals surface area contributed by atoms with Gasteiger partial charge in [0, 0.05) is 12.1 Å². The van der Waals surface area contributed by atoms with E-state index in [4.69, 9.17) is 9.47 Å². The third-order valence-corrected chi connectivity index (χ3v) is 2.89. The minimum absolute atomic E-state index is 0.0842. The fourth-order valence-electron chi connectivity index (χ4n) is 1.95. The van der Waals surface area contributed by atoms with Gasteiger partial charge in [0.2, 0.25) is 0 Å². The highest BCUT2D eigenvalue weighted by molar-refractivity contribution is 5.92. The van der Waals surface area contributed by atoms with Crippen molar-refractivity contribution in [1.82, 2.24) is 15.0 Å². The lowest BCUT2D eigenvalue weighted by molar-refractivity contribution is 0.0691. The summed E-state index contributed by atoms with van der Waals surface area (Å²) < 4.78 is 11.9. The van der Waals surface area contributed by atoms with Gasteiger partial charge in [0.05, 0.1) is 14.2 Å². The molecule has 0 saturated heterocycles. The van der Waals surface area contributed by atoms with Crippen LogP contribution in [0.25, 0.3) is 11.3 Å². The molecule has 0 bridgehead atoms. The molecule has 0 aliphatic carbocycles. The second-order valence-electron chi connectivity index (χ2n) is 3.98. The predicted octanol–water partition coefficient (Wildman–Crippen LogP) is 1.68. The number of rotatable bonds is 5. The normalized spacial score (nSPS) is 10.3. The van der Waals surface area contributed by atoms with Crippen molar-refractivity contribution in [3.8, 4) is 22.8 Å². The molecule has 0 saturated carbocycles. The summed E-state index contributed by atoms with van der Waals surface area (Å²) >= 11 is 0. The van der Waals surface area contributed by atoms with Crippen LogP contribution in [0.1, 0.15) is 17.4 Å². The summed E-state index contributed by atoms with van der Waals surface area (Å²) in [7, 11) is 3.06. The van der Waals surface area contributed by atoms with Crippen LogP contribution in [0.15, 0.2) is 18.2 Å². The highest BCUT2D eigenvalue weighted by Gasteiger charge is 2.21. The summed E-state index contributed by atoms with van der Waals surface area (Å²) in [6, 6.07) is 5.17. The van der Waals surface area contributed by atoms with Gasteiger partial charge in [-0.15, -0.1) is 5.10 Å². The van der Waals surface area contributed by atoms with Crippen molar-refractivity contribution >= 4 is 5.97 Å². The van der Waals surface area contributed by atoms with Gasteiger partial charge in [-0.05, 0) is 25.1 Å². The van der Waals surface area contributed by atoms with E-state index in [1.54, 1.807) is 18.2 Å². The molecule has 106 valence electrons. The highest BCUT2D eigenvalue weighted by atomic mass is 16.5. The second kappa shape index (κ2) is 5.60. The Labute approximate surface area is 115 Å². The molecule has 0 fully saturated rings. The van der Waals surface area contributed by atoms with Crippen molar-refractivity contribution < 1.29 is 19.4 Å². The van der Waals surface area contributed by atoms with Gasteiger partial charge in [-0.3, -0.25) is 0 Å².